The zero-order valence-electron chi connectivity index (χ0n) is 12.2. The number of fused-ring (bicyclic) bond motifs is 1. The highest BCUT2D eigenvalue weighted by Crippen LogP contribution is 2.17. The number of hydroxylamine groups is 1. The minimum Gasteiger partial charge on any atom is -0.365 e. The summed E-state index contributed by atoms with van der Waals surface area (Å²) in [6.45, 7) is 0. The lowest BCUT2D eigenvalue weighted by atomic mass is 10.1. The molecule has 0 aliphatic rings. The van der Waals surface area contributed by atoms with Crippen molar-refractivity contribution in [2.45, 2.75) is 6.17 Å². The first kappa shape index (κ1) is 15.7. The molecule has 116 valence electrons. The third kappa shape index (κ3) is 3.76. The van der Waals surface area contributed by atoms with Gasteiger partial charge in [0.05, 0.1) is 5.56 Å². The lowest BCUT2D eigenvalue weighted by molar-refractivity contribution is 0.0157. The van der Waals surface area contributed by atoms with Crippen molar-refractivity contribution in [1.82, 2.24) is 5.48 Å². The van der Waals surface area contributed by atoms with Gasteiger partial charge in [0, 0.05) is 4.47 Å². The Bertz CT molecular complexity index is 834. The normalized spacial score (nSPS) is 12.1. The van der Waals surface area contributed by atoms with Crippen LogP contribution in [0.4, 0.5) is 0 Å². The van der Waals surface area contributed by atoms with Crippen molar-refractivity contribution in [2.75, 3.05) is 0 Å². The van der Waals surface area contributed by atoms with Gasteiger partial charge in [-0.1, -0.05) is 58.4 Å². The molecule has 0 fully saturated rings. The highest BCUT2D eigenvalue weighted by molar-refractivity contribution is 9.10. The second-order valence-electron chi connectivity index (χ2n) is 5.10. The number of halogens is 1. The summed E-state index contributed by atoms with van der Waals surface area (Å²) >= 11 is 3.36. The van der Waals surface area contributed by atoms with Gasteiger partial charge in [-0.2, -0.15) is 0 Å². The Morgan fingerprint density at radius 3 is 2.43 bits per heavy atom. The van der Waals surface area contributed by atoms with Crippen molar-refractivity contribution in [1.29, 1.82) is 0 Å². The van der Waals surface area contributed by atoms with Gasteiger partial charge in [-0.15, -0.1) is 5.48 Å². The van der Waals surface area contributed by atoms with Gasteiger partial charge in [0.15, 0.2) is 0 Å². The smallest absolute Gasteiger partial charge is 0.356 e. The van der Waals surface area contributed by atoms with Gasteiger partial charge in [-0.3, -0.25) is 0 Å². The van der Waals surface area contributed by atoms with Crippen LogP contribution in [-0.2, 0) is 4.84 Å². The molecular weight excluding hydrogens is 356 g/mol. The summed E-state index contributed by atoms with van der Waals surface area (Å²) in [6, 6.07) is 20.7. The first-order valence-corrected chi connectivity index (χ1v) is 7.89. The maximum Gasteiger partial charge on any atom is 0.356 e. The van der Waals surface area contributed by atoms with E-state index in [-0.39, 0.29) is 0 Å². The van der Waals surface area contributed by atoms with Crippen LogP contribution in [0.1, 0.15) is 22.1 Å². The molecule has 0 spiro atoms. The van der Waals surface area contributed by atoms with Crippen LogP contribution in [0.2, 0.25) is 0 Å². The van der Waals surface area contributed by atoms with Gasteiger partial charge in [-0.25, -0.2) is 4.79 Å². The minimum absolute atomic E-state index is 0.469. The summed E-state index contributed by atoms with van der Waals surface area (Å²) < 4.78 is 0.960. The van der Waals surface area contributed by atoms with E-state index < -0.39 is 12.1 Å². The molecule has 3 N–H and O–H groups in total. The number of carbonyl (C=O) groups excluding carboxylic acids is 1. The van der Waals surface area contributed by atoms with Crippen molar-refractivity contribution in [3.63, 3.8) is 0 Å². The molecule has 0 aromatic heterocycles. The Labute approximate surface area is 142 Å². The molecule has 5 heteroatoms. The van der Waals surface area contributed by atoms with Gasteiger partial charge in [0.1, 0.15) is 6.17 Å². The molecule has 3 aromatic rings. The van der Waals surface area contributed by atoms with E-state index in [9.17, 15) is 4.79 Å². The summed E-state index contributed by atoms with van der Waals surface area (Å²) in [6.07, 6.45) is -0.590. The molecule has 0 aliphatic carbocycles. The predicted molar refractivity (Wildman–Crippen MR) is 93.6 cm³/mol. The van der Waals surface area contributed by atoms with Gasteiger partial charge in [0.2, 0.25) is 0 Å². The van der Waals surface area contributed by atoms with Crippen LogP contribution in [-0.4, -0.2) is 5.97 Å². The maximum absolute atomic E-state index is 12.1. The van der Waals surface area contributed by atoms with Crippen molar-refractivity contribution in [3.8, 4) is 0 Å². The van der Waals surface area contributed by atoms with Gasteiger partial charge in [-0.05, 0) is 40.6 Å². The number of benzene rings is 3. The van der Waals surface area contributed by atoms with E-state index in [4.69, 9.17) is 10.6 Å². The van der Waals surface area contributed by atoms with E-state index in [1.54, 1.807) is 12.1 Å². The van der Waals surface area contributed by atoms with Crippen LogP contribution in [0.15, 0.2) is 71.2 Å². The molecule has 0 amide bonds. The fourth-order valence-electron chi connectivity index (χ4n) is 2.23. The number of rotatable bonds is 4. The second-order valence-corrected chi connectivity index (χ2v) is 6.01. The van der Waals surface area contributed by atoms with Crippen molar-refractivity contribution in [3.05, 3.63) is 82.3 Å². The first-order chi connectivity index (χ1) is 11.1. The molecule has 0 radical (unpaired) electrons. The Hall–Kier alpha value is -2.21. The Kier molecular flexibility index (Phi) is 4.71. The molecule has 0 saturated carbocycles. The average Bonchev–Trinajstić information content (AvgIpc) is 2.59. The fourth-order valence-corrected chi connectivity index (χ4v) is 2.49. The van der Waals surface area contributed by atoms with Crippen LogP contribution in [0.5, 0.6) is 0 Å². The van der Waals surface area contributed by atoms with Crippen molar-refractivity contribution < 1.29 is 9.63 Å². The molecule has 3 aromatic carbocycles. The first-order valence-electron chi connectivity index (χ1n) is 7.10. The summed E-state index contributed by atoms with van der Waals surface area (Å²) in [4.78, 5) is 17.2. The molecule has 0 saturated heterocycles. The van der Waals surface area contributed by atoms with Crippen molar-refractivity contribution >= 4 is 32.7 Å². The number of carbonyl (C=O) groups is 1. The van der Waals surface area contributed by atoms with Crippen LogP contribution >= 0.6 is 15.9 Å². The number of hydrogen-bond donors (Lipinski definition) is 2. The summed E-state index contributed by atoms with van der Waals surface area (Å²) in [7, 11) is 0. The van der Waals surface area contributed by atoms with Gasteiger partial charge < -0.3 is 10.6 Å². The fraction of sp³-hybridized carbons (Fsp3) is 0.0556. The molecule has 1 unspecified atom stereocenters. The molecule has 1 atom stereocenters. The van der Waals surface area contributed by atoms with E-state index >= 15 is 0 Å². The summed E-state index contributed by atoms with van der Waals surface area (Å²) in [5, 5.41) is 2.06. The van der Waals surface area contributed by atoms with E-state index in [0.717, 1.165) is 20.8 Å². The van der Waals surface area contributed by atoms with Crippen LogP contribution < -0.4 is 11.2 Å². The van der Waals surface area contributed by atoms with E-state index in [2.05, 4.69) is 21.4 Å². The summed E-state index contributed by atoms with van der Waals surface area (Å²) in [5.41, 5.74) is 9.83. The molecule has 0 bridgehead atoms. The minimum atomic E-state index is -0.590. The van der Waals surface area contributed by atoms with Crippen molar-refractivity contribution in [2.24, 2.45) is 5.73 Å². The van der Waals surface area contributed by atoms with E-state index in [0.29, 0.717) is 5.56 Å². The van der Waals surface area contributed by atoms with Crippen LogP contribution in [0, 0.1) is 0 Å². The maximum atomic E-state index is 12.1. The lowest BCUT2D eigenvalue weighted by Gasteiger charge is -2.14. The monoisotopic (exact) mass is 370 g/mol. The Morgan fingerprint density at radius 1 is 1.00 bits per heavy atom. The van der Waals surface area contributed by atoms with E-state index in [1.165, 1.54) is 0 Å². The third-order valence-electron chi connectivity index (χ3n) is 3.49. The Morgan fingerprint density at radius 2 is 1.70 bits per heavy atom. The van der Waals surface area contributed by atoms with Gasteiger partial charge >= 0.3 is 5.97 Å². The highest BCUT2D eigenvalue weighted by atomic mass is 79.9. The van der Waals surface area contributed by atoms with Crippen LogP contribution in [0.3, 0.4) is 0 Å². The topological polar surface area (TPSA) is 64.3 Å². The van der Waals surface area contributed by atoms with Crippen LogP contribution in [0.25, 0.3) is 10.8 Å². The summed E-state index contributed by atoms with van der Waals surface area (Å²) in [5.74, 6) is -0.469. The lowest BCUT2D eigenvalue weighted by Crippen LogP contribution is -2.31. The Balaban J connectivity index is 1.67. The van der Waals surface area contributed by atoms with E-state index in [1.807, 2.05) is 54.6 Å². The molecule has 0 heterocycles. The highest BCUT2D eigenvalue weighted by Gasteiger charge is 2.11. The zero-order valence-corrected chi connectivity index (χ0v) is 13.8. The molecule has 3 rings (SSSR count). The zero-order chi connectivity index (χ0) is 16.2. The number of nitrogens with two attached hydrogens (primary N) is 1. The largest absolute Gasteiger partial charge is 0.365 e. The quantitative estimate of drug-likeness (QED) is 0.539. The SMILES string of the molecule is NC(NOC(=O)c1ccc2ccccc2c1)c1ccc(Br)cc1. The second kappa shape index (κ2) is 6.91. The molecular formula is C18H15BrN2O2. The van der Waals surface area contributed by atoms with Gasteiger partial charge in [0.25, 0.3) is 0 Å². The standard InChI is InChI=1S/C18H15BrN2O2/c19-16-9-7-13(8-10-16)17(20)21-23-18(22)15-6-5-12-3-1-2-4-14(12)11-15/h1-11,17,21H,20H2. The molecule has 4 nitrogen and oxygen atoms in total. The third-order valence-corrected chi connectivity index (χ3v) is 4.02. The predicted octanol–water partition coefficient (Wildman–Crippen LogP) is 3.92. The molecule has 23 heavy (non-hydrogen) atoms. The number of hydrogen-bond acceptors (Lipinski definition) is 4. The average molecular weight is 371 g/mol. The molecule has 0 aliphatic heterocycles. The number of nitrogens with one attached hydrogen (secondary N) is 1.